The zero-order valence-corrected chi connectivity index (χ0v) is 15.6. The molecule has 0 aromatic heterocycles. The van der Waals surface area contributed by atoms with Crippen molar-refractivity contribution in [2.24, 2.45) is 17.8 Å². The third kappa shape index (κ3) is 3.99. The highest BCUT2D eigenvalue weighted by molar-refractivity contribution is 5.28. The van der Waals surface area contributed by atoms with Crippen molar-refractivity contribution in [1.29, 1.82) is 0 Å². The van der Waals surface area contributed by atoms with Gasteiger partial charge in [-0.15, -0.1) is 0 Å². The minimum absolute atomic E-state index is 0.118. The molecular formula is C22H28F4. The molecule has 144 valence electrons. The fourth-order valence-electron chi connectivity index (χ4n) is 4.54. The standard InChI is InChI=1S/C22H28F4/c1-13-3-6-16(7-4-13)20(24)21(25)17-10-8-15(9-11-17)18-12-5-14(2)19(23)22(18)26/h5,12-13,15-17H,3-4,6-11H2,1-2H3/b21-20-. The molecule has 0 atom stereocenters. The molecule has 0 N–H and O–H groups in total. The second-order valence-electron chi connectivity index (χ2n) is 8.30. The van der Waals surface area contributed by atoms with Crippen LogP contribution in [-0.4, -0.2) is 0 Å². The van der Waals surface area contributed by atoms with Gasteiger partial charge in [0.05, 0.1) is 0 Å². The highest BCUT2D eigenvalue weighted by atomic mass is 19.2. The average molecular weight is 368 g/mol. The second kappa shape index (κ2) is 8.14. The molecule has 1 aromatic rings. The Hall–Kier alpha value is -1.32. The normalized spacial score (nSPS) is 30.8. The van der Waals surface area contributed by atoms with Crippen LogP contribution in [0, 0.1) is 36.3 Å². The molecule has 0 spiro atoms. The molecule has 0 amide bonds. The molecule has 2 aliphatic rings. The van der Waals surface area contributed by atoms with Crippen LogP contribution in [0.15, 0.2) is 23.8 Å². The van der Waals surface area contributed by atoms with Gasteiger partial charge in [-0.2, -0.15) is 0 Å². The zero-order chi connectivity index (χ0) is 18.8. The van der Waals surface area contributed by atoms with Crippen LogP contribution in [0.4, 0.5) is 17.6 Å². The molecule has 0 unspecified atom stereocenters. The van der Waals surface area contributed by atoms with Crippen molar-refractivity contribution in [2.75, 3.05) is 0 Å². The van der Waals surface area contributed by atoms with E-state index in [0.29, 0.717) is 37.2 Å². The van der Waals surface area contributed by atoms with Crippen LogP contribution in [0.25, 0.3) is 0 Å². The quantitative estimate of drug-likeness (QED) is 0.484. The lowest BCUT2D eigenvalue weighted by atomic mass is 9.76. The molecule has 0 nitrogen and oxygen atoms in total. The number of hydrogen-bond donors (Lipinski definition) is 0. The minimum Gasteiger partial charge on any atom is -0.209 e. The van der Waals surface area contributed by atoms with Crippen molar-refractivity contribution in [2.45, 2.75) is 71.1 Å². The maximum Gasteiger partial charge on any atom is 0.162 e. The summed E-state index contributed by atoms with van der Waals surface area (Å²) >= 11 is 0. The molecule has 2 saturated carbocycles. The number of hydrogen-bond acceptors (Lipinski definition) is 0. The summed E-state index contributed by atoms with van der Waals surface area (Å²) in [4.78, 5) is 0. The molecule has 0 aliphatic heterocycles. The van der Waals surface area contributed by atoms with E-state index >= 15 is 0 Å². The fourth-order valence-corrected chi connectivity index (χ4v) is 4.54. The first-order valence-corrected chi connectivity index (χ1v) is 9.88. The topological polar surface area (TPSA) is 0 Å². The monoisotopic (exact) mass is 368 g/mol. The number of allylic oxidation sites excluding steroid dienone is 2. The Morgan fingerprint density at radius 2 is 1.27 bits per heavy atom. The Morgan fingerprint density at radius 1 is 0.769 bits per heavy atom. The number of benzene rings is 1. The molecule has 0 heterocycles. The summed E-state index contributed by atoms with van der Waals surface area (Å²) in [5, 5.41) is 0. The highest BCUT2D eigenvalue weighted by Crippen LogP contribution is 2.43. The SMILES string of the molecule is Cc1ccc(C2CCC(/C(F)=C(/F)C3CCC(C)CC3)CC2)c(F)c1F. The molecule has 3 rings (SSSR count). The van der Waals surface area contributed by atoms with E-state index in [2.05, 4.69) is 6.92 Å². The minimum atomic E-state index is -0.798. The van der Waals surface area contributed by atoms with Gasteiger partial charge in [-0.25, -0.2) is 17.6 Å². The molecule has 0 radical (unpaired) electrons. The number of rotatable bonds is 3. The summed E-state index contributed by atoms with van der Waals surface area (Å²) in [6, 6.07) is 3.22. The Kier molecular flexibility index (Phi) is 6.09. The van der Waals surface area contributed by atoms with E-state index < -0.39 is 29.2 Å². The molecule has 0 bridgehead atoms. The van der Waals surface area contributed by atoms with Crippen LogP contribution in [0.3, 0.4) is 0 Å². The van der Waals surface area contributed by atoms with Crippen LogP contribution in [-0.2, 0) is 0 Å². The van der Waals surface area contributed by atoms with E-state index in [9.17, 15) is 17.6 Å². The van der Waals surface area contributed by atoms with Crippen molar-refractivity contribution in [3.63, 3.8) is 0 Å². The molecule has 2 aliphatic carbocycles. The van der Waals surface area contributed by atoms with Gasteiger partial charge in [0.25, 0.3) is 0 Å². The molecule has 1 aromatic carbocycles. The third-order valence-electron chi connectivity index (χ3n) is 6.43. The lowest BCUT2D eigenvalue weighted by Crippen LogP contribution is -2.18. The summed E-state index contributed by atoms with van der Waals surface area (Å²) in [6.45, 7) is 3.69. The first-order chi connectivity index (χ1) is 12.4. The summed E-state index contributed by atoms with van der Waals surface area (Å²) in [5.74, 6) is -2.92. The van der Waals surface area contributed by atoms with E-state index in [4.69, 9.17) is 0 Å². The Balaban J connectivity index is 1.64. The maximum absolute atomic E-state index is 14.7. The van der Waals surface area contributed by atoms with Crippen LogP contribution >= 0.6 is 0 Å². The van der Waals surface area contributed by atoms with E-state index in [1.807, 2.05) is 0 Å². The first kappa shape index (κ1) is 19.4. The van der Waals surface area contributed by atoms with Crippen LogP contribution < -0.4 is 0 Å². The number of aryl methyl sites for hydroxylation is 1. The fraction of sp³-hybridized carbons (Fsp3) is 0.636. The van der Waals surface area contributed by atoms with Gasteiger partial charge in [0.2, 0.25) is 0 Å². The van der Waals surface area contributed by atoms with Gasteiger partial charge in [0.1, 0.15) is 11.7 Å². The predicted molar refractivity (Wildman–Crippen MR) is 96.2 cm³/mol. The molecule has 26 heavy (non-hydrogen) atoms. The van der Waals surface area contributed by atoms with Gasteiger partial charge < -0.3 is 0 Å². The van der Waals surface area contributed by atoms with Gasteiger partial charge in [-0.3, -0.25) is 0 Å². The molecule has 4 heteroatoms. The summed E-state index contributed by atoms with van der Waals surface area (Å²) in [7, 11) is 0. The molecular weight excluding hydrogens is 340 g/mol. The molecule has 0 saturated heterocycles. The predicted octanol–water partition coefficient (Wildman–Crippen LogP) is 7.52. The maximum atomic E-state index is 14.7. The Bertz CT molecular complexity index is 663. The number of halogens is 4. The highest BCUT2D eigenvalue weighted by Gasteiger charge is 2.32. The third-order valence-corrected chi connectivity index (χ3v) is 6.43. The second-order valence-corrected chi connectivity index (χ2v) is 8.30. The van der Waals surface area contributed by atoms with Crippen molar-refractivity contribution in [1.82, 2.24) is 0 Å². The van der Waals surface area contributed by atoms with Crippen molar-refractivity contribution in [3.8, 4) is 0 Å². The average Bonchev–Trinajstić information content (AvgIpc) is 2.66. The van der Waals surface area contributed by atoms with Gasteiger partial charge in [0.15, 0.2) is 11.6 Å². The molecule has 2 fully saturated rings. The summed E-state index contributed by atoms with van der Waals surface area (Å²) < 4.78 is 57.2. The van der Waals surface area contributed by atoms with Gasteiger partial charge >= 0.3 is 0 Å². The summed E-state index contributed by atoms with van der Waals surface area (Å²) in [6.07, 6.45) is 5.46. The Morgan fingerprint density at radius 3 is 1.81 bits per heavy atom. The lowest BCUT2D eigenvalue weighted by molar-refractivity contribution is 0.255. The van der Waals surface area contributed by atoms with Crippen molar-refractivity contribution < 1.29 is 17.6 Å². The van der Waals surface area contributed by atoms with Crippen LogP contribution in [0.1, 0.15) is 75.3 Å². The lowest BCUT2D eigenvalue weighted by Gasteiger charge is -2.30. The van der Waals surface area contributed by atoms with Crippen molar-refractivity contribution in [3.05, 3.63) is 46.5 Å². The van der Waals surface area contributed by atoms with E-state index in [0.717, 1.165) is 25.7 Å². The summed E-state index contributed by atoms with van der Waals surface area (Å²) in [5.41, 5.74) is 0.662. The smallest absolute Gasteiger partial charge is 0.162 e. The van der Waals surface area contributed by atoms with E-state index in [1.54, 1.807) is 12.1 Å². The van der Waals surface area contributed by atoms with Gasteiger partial charge in [-0.05, 0) is 68.4 Å². The van der Waals surface area contributed by atoms with Crippen molar-refractivity contribution >= 4 is 0 Å². The van der Waals surface area contributed by atoms with Crippen LogP contribution in [0.2, 0.25) is 0 Å². The largest absolute Gasteiger partial charge is 0.209 e. The Labute approximate surface area is 153 Å². The first-order valence-electron chi connectivity index (χ1n) is 9.88. The van der Waals surface area contributed by atoms with Gasteiger partial charge in [-0.1, -0.05) is 31.9 Å². The zero-order valence-electron chi connectivity index (χ0n) is 15.6. The van der Waals surface area contributed by atoms with E-state index in [1.165, 1.54) is 6.92 Å². The van der Waals surface area contributed by atoms with Crippen LogP contribution in [0.5, 0.6) is 0 Å². The van der Waals surface area contributed by atoms with Gasteiger partial charge in [0, 0.05) is 11.8 Å². The van der Waals surface area contributed by atoms with E-state index in [-0.39, 0.29) is 17.4 Å².